The molecule has 152 valence electrons. The van der Waals surface area contributed by atoms with E-state index in [0.29, 0.717) is 13.2 Å². The number of benzene rings is 2. The SMILES string of the molecule is O=C(Nc1ccc(N2CCCCC2)cc1)NC1(c2ccc3c(c2)OCCO3)CC1. The van der Waals surface area contributed by atoms with Gasteiger partial charge >= 0.3 is 6.03 Å². The highest BCUT2D eigenvalue weighted by Crippen LogP contribution is 2.47. The largest absolute Gasteiger partial charge is 0.486 e. The number of fused-ring (bicyclic) bond motifs is 1. The van der Waals surface area contributed by atoms with E-state index in [0.717, 1.165) is 48.7 Å². The molecule has 2 amide bonds. The van der Waals surface area contributed by atoms with Gasteiger partial charge in [-0.3, -0.25) is 0 Å². The van der Waals surface area contributed by atoms with Crippen molar-refractivity contribution >= 4 is 17.4 Å². The topological polar surface area (TPSA) is 62.8 Å². The van der Waals surface area contributed by atoms with Crippen LogP contribution in [0.25, 0.3) is 0 Å². The second kappa shape index (κ2) is 7.50. The summed E-state index contributed by atoms with van der Waals surface area (Å²) in [7, 11) is 0. The van der Waals surface area contributed by atoms with Crippen molar-refractivity contribution in [1.82, 2.24) is 5.32 Å². The van der Waals surface area contributed by atoms with Crippen LogP contribution in [0, 0.1) is 0 Å². The van der Waals surface area contributed by atoms with Gasteiger partial charge in [0.15, 0.2) is 11.5 Å². The maximum Gasteiger partial charge on any atom is 0.319 e. The summed E-state index contributed by atoms with van der Waals surface area (Å²) in [5.74, 6) is 1.53. The number of rotatable bonds is 4. The highest BCUT2D eigenvalue weighted by Gasteiger charge is 2.46. The Labute approximate surface area is 171 Å². The molecule has 2 heterocycles. The Morgan fingerprint density at radius 3 is 2.34 bits per heavy atom. The first-order valence-electron chi connectivity index (χ1n) is 10.6. The van der Waals surface area contributed by atoms with Gasteiger partial charge in [-0.2, -0.15) is 0 Å². The van der Waals surface area contributed by atoms with Crippen LogP contribution in [0.5, 0.6) is 11.5 Å². The minimum Gasteiger partial charge on any atom is -0.486 e. The highest BCUT2D eigenvalue weighted by atomic mass is 16.6. The van der Waals surface area contributed by atoms with E-state index >= 15 is 0 Å². The molecular weight excluding hydrogens is 366 g/mol. The molecule has 6 heteroatoms. The van der Waals surface area contributed by atoms with Gasteiger partial charge in [0, 0.05) is 24.5 Å². The number of carbonyl (C=O) groups excluding carboxylic acids is 1. The van der Waals surface area contributed by atoms with E-state index in [-0.39, 0.29) is 11.6 Å². The van der Waals surface area contributed by atoms with Gasteiger partial charge in [0.25, 0.3) is 0 Å². The van der Waals surface area contributed by atoms with Crippen LogP contribution in [-0.4, -0.2) is 32.3 Å². The predicted octanol–water partition coefficient (Wildman–Crippen LogP) is 4.26. The van der Waals surface area contributed by atoms with E-state index < -0.39 is 0 Å². The van der Waals surface area contributed by atoms with Crippen LogP contribution in [-0.2, 0) is 5.54 Å². The second-order valence-electron chi connectivity index (χ2n) is 8.11. The molecule has 2 N–H and O–H groups in total. The van der Waals surface area contributed by atoms with Gasteiger partial charge in [0.1, 0.15) is 13.2 Å². The van der Waals surface area contributed by atoms with Crippen LogP contribution in [0.4, 0.5) is 16.2 Å². The molecule has 0 spiro atoms. The number of urea groups is 1. The maximum atomic E-state index is 12.6. The molecule has 3 aliphatic rings. The van der Waals surface area contributed by atoms with Crippen LogP contribution in [0.1, 0.15) is 37.7 Å². The van der Waals surface area contributed by atoms with E-state index in [1.807, 2.05) is 30.3 Å². The van der Waals surface area contributed by atoms with Crippen molar-refractivity contribution in [2.24, 2.45) is 0 Å². The smallest absolute Gasteiger partial charge is 0.319 e. The molecule has 2 aromatic rings. The third-order valence-corrected chi connectivity index (χ3v) is 6.04. The maximum absolute atomic E-state index is 12.6. The number of hydrogen-bond donors (Lipinski definition) is 2. The van der Waals surface area contributed by atoms with Gasteiger partial charge in [-0.25, -0.2) is 4.79 Å². The van der Waals surface area contributed by atoms with Crippen LogP contribution in [0.2, 0.25) is 0 Å². The van der Waals surface area contributed by atoms with Crippen molar-refractivity contribution in [2.45, 2.75) is 37.6 Å². The molecule has 1 saturated heterocycles. The van der Waals surface area contributed by atoms with E-state index in [9.17, 15) is 4.79 Å². The fraction of sp³-hybridized carbons (Fsp3) is 0.435. The Kier molecular flexibility index (Phi) is 4.70. The van der Waals surface area contributed by atoms with Crippen molar-refractivity contribution < 1.29 is 14.3 Å². The predicted molar refractivity (Wildman–Crippen MR) is 113 cm³/mol. The fourth-order valence-electron chi connectivity index (χ4n) is 4.24. The van der Waals surface area contributed by atoms with E-state index in [4.69, 9.17) is 9.47 Å². The third-order valence-electron chi connectivity index (χ3n) is 6.04. The van der Waals surface area contributed by atoms with Crippen LogP contribution >= 0.6 is 0 Å². The molecule has 2 aliphatic heterocycles. The first kappa shape index (κ1) is 18.2. The Morgan fingerprint density at radius 1 is 0.897 bits per heavy atom. The summed E-state index contributed by atoms with van der Waals surface area (Å²) < 4.78 is 11.3. The van der Waals surface area contributed by atoms with Gasteiger partial charge in [-0.15, -0.1) is 0 Å². The zero-order valence-electron chi connectivity index (χ0n) is 16.6. The van der Waals surface area contributed by atoms with Crippen molar-refractivity contribution in [1.29, 1.82) is 0 Å². The van der Waals surface area contributed by atoms with E-state index in [2.05, 4.69) is 27.7 Å². The summed E-state index contributed by atoms with van der Waals surface area (Å²) in [6, 6.07) is 13.9. The van der Waals surface area contributed by atoms with E-state index in [1.165, 1.54) is 24.9 Å². The van der Waals surface area contributed by atoms with Crippen molar-refractivity contribution in [2.75, 3.05) is 36.5 Å². The quantitative estimate of drug-likeness (QED) is 0.815. The first-order valence-corrected chi connectivity index (χ1v) is 10.6. The van der Waals surface area contributed by atoms with Crippen LogP contribution < -0.4 is 25.0 Å². The lowest BCUT2D eigenvalue weighted by Gasteiger charge is -2.28. The summed E-state index contributed by atoms with van der Waals surface area (Å²) in [5, 5.41) is 6.14. The molecule has 5 rings (SSSR count). The molecule has 0 bridgehead atoms. The fourth-order valence-corrected chi connectivity index (χ4v) is 4.24. The average Bonchev–Trinajstić information content (AvgIpc) is 3.55. The molecule has 0 radical (unpaired) electrons. The van der Waals surface area contributed by atoms with Gasteiger partial charge in [-0.05, 0) is 74.1 Å². The monoisotopic (exact) mass is 393 g/mol. The molecule has 0 atom stereocenters. The van der Waals surface area contributed by atoms with Crippen molar-refractivity contribution in [3.8, 4) is 11.5 Å². The van der Waals surface area contributed by atoms with Crippen molar-refractivity contribution in [3.63, 3.8) is 0 Å². The summed E-state index contributed by atoms with van der Waals surface area (Å²) in [4.78, 5) is 15.0. The molecule has 0 aromatic heterocycles. The van der Waals surface area contributed by atoms with Gasteiger partial charge < -0.3 is 25.0 Å². The molecular formula is C23H27N3O3. The zero-order valence-corrected chi connectivity index (χ0v) is 16.6. The number of carbonyl (C=O) groups is 1. The molecule has 2 aromatic carbocycles. The molecule has 1 aliphatic carbocycles. The summed E-state index contributed by atoms with van der Waals surface area (Å²) in [6.07, 6.45) is 5.68. The van der Waals surface area contributed by atoms with Crippen molar-refractivity contribution in [3.05, 3.63) is 48.0 Å². The summed E-state index contributed by atoms with van der Waals surface area (Å²) >= 11 is 0. The average molecular weight is 393 g/mol. The van der Waals surface area contributed by atoms with Gasteiger partial charge in [0.2, 0.25) is 0 Å². The Balaban J connectivity index is 1.22. The molecule has 1 saturated carbocycles. The summed E-state index contributed by atoms with van der Waals surface area (Å²) in [6.45, 7) is 3.37. The molecule has 6 nitrogen and oxygen atoms in total. The number of anilines is 2. The lowest BCUT2D eigenvalue weighted by Crippen LogP contribution is -2.38. The first-order chi connectivity index (χ1) is 14.2. The number of nitrogens with zero attached hydrogens (tertiary/aromatic N) is 1. The van der Waals surface area contributed by atoms with Crippen LogP contribution in [0.15, 0.2) is 42.5 Å². The molecule has 2 fully saturated rings. The Bertz CT molecular complexity index is 887. The number of hydrogen-bond acceptors (Lipinski definition) is 4. The van der Waals surface area contributed by atoms with Gasteiger partial charge in [-0.1, -0.05) is 6.07 Å². The minimum absolute atomic E-state index is 0.178. The Hall–Kier alpha value is -2.89. The molecule has 0 unspecified atom stereocenters. The number of piperidine rings is 1. The lowest BCUT2D eigenvalue weighted by atomic mass is 10.0. The number of amides is 2. The Morgan fingerprint density at radius 2 is 1.62 bits per heavy atom. The minimum atomic E-state index is -0.312. The number of nitrogens with one attached hydrogen (secondary N) is 2. The highest BCUT2D eigenvalue weighted by molar-refractivity contribution is 5.90. The normalized spacial score (nSPS) is 19.4. The van der Waals surface area contributed by atoms with Gasteiger partial charge in [0.05, 0.1) is 5.54 Å². The standard InChI is InChI=1S/C23H27N3O3/c27-22(24-18-5-7-19(8-6-18)26-12-2-1-3-13-26)25-23(10-11-23)17-4-9-20-21(16-17)29-15-14-28-20/h4-9,16H,1-3,10-15H2,(H2,24,25,27). The molecule has 29 heavy (non-hydrogen) atoms. The second-order valence-corrected chi connectivity index (χ2v) is 8.11. The van der Waals surface area contributed by atoms with E-state index in [1.54, 1.807) is 0 Å². The summed E-state index contributed by atoms with van der Waals surface area (Å²) in [5.41, 5.74) is 2.79. The number of ether oxygens (including phenoxy) is 2. The third kappa shape index (κ3) is 3.84. The van der Waals surface area contributed by atoms with Crippen LogP contribution in [0.3, 0.4) is 0 Å². The lowest BCUT2D eigenvalue weighted by molar-refractivity contribution is 0.171. The zero-order chi connectivity index (χ0) is 19.7.